The first-order chi connectivity index (χ1) is 13.7. The van der Waals surface area contributed by atoms with E-state index in [4.69, 9.17) is 0 Å². The molecule has 7 heteroatoms. The molecule has 1 saturated heterocycles. The molecule has 0 bridgehead atoms. The lowest BCUT2D eigenvalue weighted by molar-refractivity contribution is -0.130. The number of nitrogens with zero attached hydrogens (tertiary/aromatic N) is 3. The maximum absolute atomic E-state index is 12.6. The molecule has 0 aromatic heterocycles. The first kappa shape index (κ1) is 23.9. The molecule has 1 aromatic rings. The van der Waals surface area contributed by atoms with Crippen LogP contribution in [0.5, 0.6) is 0 Å². The van der Waals surface area contributed by atoms with Crippen LogP contribution in [0.4, 0.5) is 0 Å². The lowest BCUT2D eigenvalue weighted by Crippen LogP contribution is -2.46. The number of hydrogen-bond donors (Lipinski definition) is 2. The second kappa shape index (κ2) is 12.4. The Morgan fingerprint density at radius 1 is 1.14 bits per heavy atom. The maximum Gasteiger partial charge on any atom is 0.242 e. The average Bonchev–Trinajstić information content (AvgIpc) is 2.74. The molecule has 6 nitrogen and oxygen atoms in total. The quantitative estimate of drug-likeness (QED) is 0.266. The Morgan fingerprint density at radius 3 is 2.59 bits per heavy atom. The third-order valence-electron chi connectivity index (χ3n) is 5.93. The van der Waals surface area contributed by atoms with Crippen molar-refractivity contribution in [1.82, 2.24) is 20.4 Å². The number of carbonyl (C=O) groups excluding carboxylic acids is 1. The summed E-state index contributed by atoms with van der Waals surface area (Å²) in [6.45, 7) is 8.57. The fourth-order valence-electron chi connectivity index (χ4n) is 4.00. The molecule has 0 aliphatic carbocycles. The summed E-state index contributed by atoms with van der Waals surface area (Å²) in [7, 11) is 1.75. The Morgan fingerprint density at radius 2 is 1.86 bits per heavy atom. The Balaban J connectivity index is 0.00000300. The van der Waals surface area contributed by atoms with Gasteiger partial charge in [0.05, 0.1) is 6.54 Å². The summed E-state index contributed by atoms with van der Waals surface area (Å²) in [6, 6.07) is 8.39. The average molecular weight is 513 g/mol. The molecule has 2 aliphatic heterocycles. The molecular weight excluding hydrogens is 477 g/mol. The summed E-state index contributed by atoms with van der Waals surface area (Å²) in [5, 5.41) is 6.50. The molecule has 0 radical (unpaired) electrons. The van der Waals surface area contributed by atoms with Gasteiger partial charge in [0.25, 0.3) is 0 Å². The number of carbonyl (C=O) groups is 1. The van der Waals surface area contributed by atoms with Gasteiger partial charge in [-0.1, -0.05) is 31.2 Å². The number of piperidine rings is 1. The van der Waals surface area contributed by atoms with E-state index in [1.54, 1.807) is 7.05 Å². The summed E-state index contributed by atoms with van der Waals surface area (Å²) in [5.41, 5.74) is 2.62. The van der Waals surface area contributed by atoms with Gasteiger partial charge in [0, 0.05) is 26.7 Å². The minimum Gasteiger partial charge on any atom is -0.356 e. The smallest absolute Gasteiger partial charge is 0.242 e. The molecule has 162 valence electrons. The lowest BCUT2D eigenvalue weighted by Gasteiger charge is -2.30. The van der Waals surface area contributed by atoms with Gasteiger partial charge in [-0.3, -0.25) is 9.79 Å². The van der Waals surface area contributed by atoms with Crippen molar-refractivity contribution in [1.29, 1.82) is 0 Å². The third-order valence-corrected chi connectivity index (χ3v) is 5.93. The van der Waals surface area contributed by atoms with E-state index in [2.05, 4.69) is 45.6 Å². The van der Waals surface area contributed by atoms with E-state index in [1.165, 1.54) is 37.1 Å². The SMILES string of the molecule is CN=C(NCCCN1CCC(C)CC1)NCC(=O)N1CCc2ccccc2C1.I. The fraction of sp³-hybridized carbons (Fsp3) is 0.636. The van der Waals surface area contributed by atoms with Crippen molar-refractivity contribution in [2.24, 2.45) is 10.9 Å². The Labute approximate surface area is 192 Å². The highest BCUT2D eigenvalue weighted by Gasteiger charge is 2.20. The number of halogens is 1. The van der Waals surface area contributed by atoms with Crippen LogP contribution in [0, 0.1) is 5.92 Å². The van der Waals surface area contributed by atoms with E-state index in [0.29, 0.717) is 12.5 Å². The van der Waals surface area contributed by atoms with Gasteiger partial charge in [0.2, 0.25) is 5.91 Å². The number of likely N-dealkylation sites (tertiary alicyclic amines) is 1. The summed E-state index contributed by atoms with van der Waals surface area (Å²) in [4.78, 5) is 21.3. The van der Waals surface area contributed by atoms with Crippen molar-refractivity contribution in [2.45, 2.75) is 39.2 Å². The van der Waals surface area contributed by atoms with E-state index in [1.807, 2.05) is 11.0 Å². The molecule has 1 fully saturated rings. The van der Waals surface area contributed by atoms with E-state index >= 15 is 0 Å². The number of amides is 1. The van der Waals surface area contributed by atoms with Crippen molar-refractivity contribution < 1.29 is 4.79 Å². The Bertz CT molecular complexity index is 673. The van der Waals surface area contributed by atoms with E-state index < -0.39 is 0 Å². The van der Waals surface area contributed by atoms with Crippen molar-refractivity contribution in [3.8, 4) is 0 Å². The number of benzene rings is 1. The lowest BCUT2D eigenvalue weighted by atomic mass is 9.99. The number of fused-ring (bicyclic) bond motifs is 1. The molecule has 2 aliphatic rings. The van der Waals surface area contributed by atoms with Crippen molar-refractivity contribution in [3.63, 3.8) is 0 Å². The monoisotopic (exact) mass is 513 g/mol. The molecule has 3 rings (SSSR count). The number of hydrogen-bond acceptors (Lipinski definition) is 3. The minimum atomic E-state index is 0. The zero-order chi connectivity index (χ0) is 19.8. The van der Waals surface area contributed by atoms with Crippen LogP contribution in [0.3, 0.4) is 0 Å². The fourth-order valence-corrected chi connectivity index (χ4v) is 4.00. The highest BCUT2D eigenvalue weighted by atomic mass is 127. The predicted molar refractivity (Wildman–Crippen MR) is 130 cm³/mol. The van der Waals surface area contributed by atoms with Crippen LogP contribution in [0.15, 0.2) is 29.3 Å². The third kappa shape index (κ3) is 7.44. The molecule has 0 spiro atoms. The zero-order valence-electron chi connectivity index (χ0n) is 17.8. The number of rotatable bonds is 6. The highest BCUT2D eigenvalue weighted by molar-refractivity contribution is 14.0. The Kier molecular flexibility index (Phi) is 10.2. The van der Waals surface area contributed by atoms with Gasteiger partial charge in [-0.05, 0) is 62.4 Å². The van der Waals surface area contributed by atoms with Crippen molar-refractivity contribution in [2.75, 3.05) is 46.3 Å². The summed E-state index contributed by atoms with van der Waals surface area (Å²) in [6.07, 6.45) is 4.66. The summed E-state index contributed by atoms with van der Waals surface area (Å²) >= 11 is 0. The molecule has 1 aromatic carbocycles. The predicted octanol–water partition coefficient (Wildman–Crippen LogP) is 2.48. The van der Waals surface area contributed by atoms with Crippen molar-refractivity contribution in [3.05, 3.63) is 35.4 Å². The molecule has 2 N–H and O–H groups in total. The number of nitrogens with one attached hydrogen (secondary N) is 2. The van der Waals surface area contributed by atoms with Crippen LogP contribution in [-0.2, 0) is 17.8 Å². The van der Waals surface area contributed by atoms with Crippen LogP contribution in [0.1, 0.15) is 37.3 Å². The minimum absolute atomic E-state index is 0. The molecule has 0 saturated carbocycles. The molecule has 2 heterocycles. The summed E-state index contributed by atoms with van der Waals surface area (Å²) < 4.78 is 0. The summed E-state index contributed by atoms with van der Waals surface area (Å²) in [5.74, 6) is 1.71. The van der Waals surface area contributed by atoms with Crippen LogP contribution in [0.25, 0.3) is 0 Å². The van der Waals surface area contributed by atoms with Crippen LogP contribution in [-0.4, -0.2) is 68.0 Å². The standard InChI is InChI=1S/C22H35N5O.HI/c1-18-8-13-26(14-9-18)12-5-11-24-22(23-2)25-16-21(28)27-15-10-19-6-3-4-7-20(19)17-27;/h3-4,6-7,18H,5,8-17H2,1-2H3,(H2,23,24,25);1H. The van der Waals surface area contributed by atoms with E-state index in [9.17, 15) is 4.79 Å². The van der Waals surface area contributed by atoms with Crippen LogP contribution >= 0.6 is 24.0 Å². The maximum atomic E-state index is 12.6. The van der Waals surface area contributed by atoms with Gasteiger partial charge >= 0.3 is 0 Å². The first-order valence-electron chi connectivity index (χ1n) is 10.7. The molecule has 0 unspecified atom stereocenters. The first-order valence-corrected chi connectivity index (χ1v) is 10.7. The Hall–Kier alpha value is -1.35. The topological polar surface area (TPSA) is 60.0 Å². The molecule has 0 atom stereocenters. The van der Waals surface area contributed by atoms with Gasteiger partial charge < -0.3 is 20.4 Å². The zero-order valence-corrected chi connectivity index (χ0v) is 20.2. The molecular formula is C22H36IN5O. The van der Waals surface area contributed by atoms with Gasteiger partial charge in [-0.2, -0.15) is 0 Å². The normalized spacial score (nSPS) is 18.0. The van der Waals surface area contributed by atoms with Gasteiger partial charge in [0.1, 0.15) is 0 Å². The van der Waals surface area contributed by atoms with Gasteiger partial charge in [-0.25, -0.2) is 0 Å². The van der Waals surface area contributed by atoms with Gasteiger partial charge in [0.15, 0.2) is 5.96 Å². The number of aliphatic imine (C=N–C) groups is 1. The van der Waals surface area contributed by atoms with E-state index in [0.717, 1.165) is 38.4 Å². The van der Waals surface area contributed by atoms with E-state index in [-0.39, 0.29) is 36.4 Å². The number of guanidine groups is 1. The highest BCUT2D eigenvalue weighted by Crippen LogP contribution is 2.18. The molecule has 29 heavy (non-hydrogen) atoms. The second-order valence-electron chi connectivity index (χ2n) is 8.06. The van der Waals surface area contributed by atoms with Crippen molar-refractivity contribution >= 4 is 35.8 Å². The largest absolute Gasteiger partial charge is 0.356 e. The van der Waals surface area contributed by atoms with Crippen LogP contribution in [0.2, 0.25) is 0 Å². The van der Waals surface area contributed by atoms with Crippen LogP contribution < -0.4 is 10.6 Å². The second-order valence-corrected chi connectivity index (χ2v) is 8.06. The van der Waals surface area contributed by atoms with Gasteiger partial charge in [-0.15, -0.1) is 24.0 Å². The molecule has 1 amide bonds.